The quantitative estimate of drug-likeness (QED) is 0.568. The molecule has 0 saturated heterocycles. The van der Waals surface area contributed by atoms with Crippen LogP contribution in [0.4, 0.5) is 0 Å². The van der Waals surface area contributed by atoms with E-state index in [4.69, 9.17) is 4.74 Å². The van der Waals surface area contributed by atoms with Gasteiger partial charge in [-0.05, 0) is 12.8 Å². The Morgan fingerprint density at radius 2 is 2.17 bits per heavy atom. The van der Waals surface area contributed by atoms with Crippen molar-refractivity contribution in [3.05, 3.63) is 0 Å². The molecule has 0 aromatic carbocycles. The van der Waals surface area contributed by atoms with Crippen LogP contribution in [-0.4, -0.2) is 18.9 Å². The van der Waals surface area contributed by atoms with Gasteiger partial charge in [0.2, 0.25) is 6.29 Å². The first-order chi connectivity index (χ1) is 5.70. The molecular weight excluding hydrogens is 156 g/mol. The van der Waals surface area contributed by atoms with Crippen LogP contribution in [0.1, 0.15) is 33.1 Å². The van der Waals surface area contributed by atoms with Crippen LogP contribution in [0.25, 0.3) is 0 Å². The summed E-state index contributed by atoms with van der Waals surface area (Å²) in [6, 6.07) is 0. The zero-order chi connectivity index (χ0) is 9.40. The van der Waals surface area contributed by atoms with Crippen LogP contribution in [-0.2, 0) is 14.3 Å². The van der Waals surface area contributed by atoms with Gasteiger partial charge < -0.3 is 4.74 Å². The summed E-state index contributed by atoms with van der Waals surface area (Å²) in [6.45, 7) is 3.70. The maximum absolute atomic E-state index is 10.4. The third-order valence-electron chi connectivity index (χ3n) is 1.58. The predicted octanol–water partition coefficient (Wildman–Crippen LogP) is 1.47. The number of carbonyl (C=O) groups is 1. The fourth-order valence-corrected chi connectivity index (χ4v) is 0.956. The van der Waals surface area contributed by atoms with E-state index in [2.05, 4.69) is 0 Å². The van der Waals surface area contributed by atoms with Crippen LogP contribution in [0, 0.1) is 5.92 Å². The Morgan fingerprint density at radius 1 is 1.50 bits per heavy atom. The van der Waals surface area contributed by atoms with Crippen molar-refractivity contribution in [1.82, 2.24) is 0 Å². The summed E-state index contributed by atoms with van der Waals surface area (Å²) < 4.78 is 4.70. The highest BCUT2D eigenvalue weighted by atomic mass is 16.5. The minimum absolute atomic E-state index is 0.0747. The molecule has 1 unspecified atom stereocenters. The Kier molecular flexibility index (Phi) is 6.34. The van der Waals surface area contributed by atoms with Gasteiger partial charge in [-0.15, -0.1) is 0 Å². The summed E-state index contributed by atoms with van der Waals surface area (Å²) in [7, 11) is 0. The maximum atomic E-state index is 10.4. The van der Waals surface area contributed by atoms with E-state index in [0.717, 1.165) is 12.8 Å². The fraction of sp³-hybridized carbons (Fsp3) is 0.778. The largest absolute Gasteiger partial charge is 0.466 e. The van der Waals surface area contributed by atoms with Crippen molar-refractivity contribution in [2.24, 2.45) is 5.92 Å². The smallest absolute Gasteiger partial charge is 0.302 e. The highest BCUT2D eigenvalue weighted by Crippen LogP contribution is 2.07. The summed E-state index contributed by atoms with van der Waals surface area (Å²) in [5.41, 5.74) is 0. The molecule has 0 fully saturated rings. The van der Waals surface area contributed by atoms with Gasteiger partial charge in [-0.3, -0.25) is 9.59 Å². The standard InChI is InChI=1S/C9H15O3/c1-3-4-9(7-10)5-6-12-8(2)11/h9H,3-6H2,1-2H3. The number of rotatable bonds is 6. The summed E-state index contributed by atoms with van der Waals surface area (Å²) in [6.07, 6.45) is 4.31. The van der Waals surface area contributed by atoms with Crippen LogP contribution in [0.3, 0.4) is 0 Å². The zero-order valence-electron chi connectivity index (χ0n) is 7.63. The lowest BCUT2D eigenvalue weighted by Crippen LogP contribution is -2.08. The third kappa shape index (κ3) is 5.89. The van der Waals surface area contributed by atoms with Crippen molar-refractivity contribution < 1.29 is 14.3 Å². The topological polar surface area (TPSA) is 43.4 Å². The molecule has 0 heterocycles. The molecule has 1 atom stereocenters. The SMILES string of the molecule is CCCC([C]=O)CCOC(C)=O. The van der Waals surface area contributed by atoms with E-state index in [1.807, 2.05) is 13.2 Å². The molecule has 0 spiro atoms. The fourth-order valence-electron chi connectivity index (χ4n) is 0.956. The molecule has 0 aliphatic carbocycles. The van der Waals surface area contributed by atoms with E-state index in [1.165, 1.54) is 6.92 Å². The first-order valence-corrected chi connectivity index (χ1v) is 4.21. The molecule has 0 aliphatic heterocycles. The number of carbonyl (C=O) groups excluding carboxylic acids is 2. The zero-order valence-corrected chi connectivity index (χ0v) is 7.63. The van der Waals surface area contributed by atoms with E-state index < -0.39 is 0 Å². The summed E-state index contributed by atoms with van der Waals surface area (Å²) >= 11 is 0. The highest BCUT2D eigenvalue weighted by Gasteiger charge is 2.07. The normalized spacial score (nSPS) is 12.2. The second-order valence-electron chi connectivity index (χ2n) is 2.73. The number of esters is 1. The number of hydrogen-bond donors (Lipinski definition) is 0. The van der Waals surface area contributed by atoms with Crippen molar-refractivity contribution in [2.45, 2.75) is 33.1 Å². The Labute approximate surface area is 73.1 Å². The van der Waals surface area contributed by atoms with Gasteiger partial charge in [0.25, 0.3) is 0 Å². The minimum atomic E-state index is -0.295. The van der Waals surface area contributed by atoms with E-state index in [9.17, 15) is 9.59 Å². The van der Waals surface area contributed by atoms with Crippen LogP contribution >= 0.6 is 0 Å². The van der Waals surface area contributed by atoms with Crippen LogP contribution in [0.2, 0.25) is 0 Å². The molecule has 0 N–H and O–H groups in total. The molecule has 3 nitrogen and oxygen atoms in total. The number of ether oxygens (including phenoxy) is 1. The Morgan fingerprint density at radius 3 is 2.58 bits per heavy atom. The van der Waals surface area contributed by atoms with Crippen LogP contribution < -0.4 is 0 Å². The molecule has 3 heteroatoms. The molecule has 0 aromatic rings. The van der Waals surface area contributed by atoms with E-state index in [1.54, 1.807) is 0 Å². The van der Waals surface area contributed by atoms with Gasteiger partial charge in [-0.2, -0.15) is 0 Å². The molecule has 0 aromatic heterocycles. The summed E-state index contributed by atoms with van der Waals surface area (Å²) in [5.74, 6) is -0.370. The molecule has 1 radical (unpaired) electrons. The van der Waals surface area contributed by atoms with Crippen LogP contribution in [0.15, 0.2) is 0 Å². The van der Waals surface area contributed by atoms with Crippen molar-refractivity contribution in [3.8, 4) is 0 Å². The van der Waals surface area contributed by atoms with Gasteiger partial charge in [0.15, 0.2) is 0 Å². The first-order valence-electron chi connectivity index (χ1n) is 4.21. The molecule has 0 bridgehead atoms. The van der Waals surface area contributed by atoms with E-state index in [-0.39, 0.29) is 11.9 Å². The molecule has 0 rings (SSSR count). The number of hydrogen-bond acceptors (Lipinski definition) is 3. The minimum Gasteiger partial charge on any atom is -0.466 e. The lowest BCUT2D eigenvalue weighted by atomic mass is 10.0. The Bertz CT molecular complexity index is 143. The average Bonchev–Trinajstić information content (AvgIpc) is 2.02. The molecule has 12 heavy (non-hydrogen) atoms. The average molecular weight is 171 g/mol. The molecule has 0 aliphatic rings. The Hall–Kier alpha value is -0.860. The van der Waals surface area contributed by atoms with Crippen LogP contribution in [0.5, 0.6) is 0 Å². The molecule has 69 valence electrons. The first kappa shape index (κ1) is 11.1. The monoisotopic (exact) mass is 171 g/mol. The molecule has 0 saturated carbocycles. The van der Waals surface area contributed by atoms with Gasteiger partial charge in [0.05, 0.1) is 6.61 Å². The van der Waals surface area contributed by atoms with E-state index >= 15 is 0 Å². The van der Waals surface area contributed by atoms with Gasteiger partial charge in [-0.1, -0.05) is 13.3 Å². The van der Waals surface area contributed by atoms with Crippen molar-refractivity contribution in [1.29, 1.82) is 0 Å². The lowest BCUT2D eigenvalue weighted by Gasteiger charge is -2.06. The van der Waals surface area contributed by atoms with Gasteiger partial charge >= 0.3 is 5.97 Å². The van der Waals surface area contributed by atoms with Gasteiger partial charge in [0.1, 0.15) is 0 Å². The lowest BCUT2D eigenvalue weighted by molar-refractivity contribution is -0.141. The van der Waals surface area contributed by atoms with Crippen molar-refractivity contribution in [3.63, 3.8) is 0 Å². The molecule has 0 amide bonds. The second-order valence-corrected chi connectivity index (χ2v) is 2.73. The Balaban J connectivity index is 3.44. The van der Waals surface area contributed by atoms with Gasteiger partial charge in [0, 0.05) is 12.8 Å². The summed E-state index contributed by atoms with van der Waals surface area (Å²) in [5, 5.41) is 0. The second kappa shape index (κ2) is 6.83. The van der Waals surface area contributed by atoms with Crippen molar-refractivity contribution >= 4 is 12.3 Å². The predicted molar refractivity (Wildman–Crippen MR) is 45.3 cm³/mol. The van der Waals surface area contributed by atoms with Crippen molar-refractivity contribution in [2.75, 3.05) is 6.61 Å². The maximum Gasteiger partial charge on any atom is 0.302 e. The third-order valence-corrected chi connectivity index (χ3v) is 1.58. The molecular formula is C9H15O3. The van der Waals surface area contributed by atoms with Gasteiger partial charge in [-0.25, -0.2) is 0 Å². The summed E-state index contributed by atoms with van der Waals surface area (Å²) in [4.78, 5) is 20.7. The highest BCUT2D eigenvalue weighted by molar-refractivity contribution is 5.65. The van der Waals surface area contributed by atoms with E-state index in [0.29, 0.717) is 13.0 Å².